The van der Waals surface area contributed by atoms with Gasteiger partial charge < -0.3 is 16.2 Å². The lowest BCUT2D eigenvalue weighted by molar-refractivity contribution is -0.128. The monoisotopic (exact) mass is 278 g/mol. The Hall–Kier alpha value is -2.04. The van der Waals surface area contributed by atoms with E-state index < -0.39 is 11.9 Å². The van der Waals surface area contributed by atoms with Gasteiger partial charge in [-0.15, -0.1) is 0 Å². The van der Waals surface area contributed by atoms with Crippen molar-refractivity contribution < 1.29 is 14.7 Å². The maximum absolute atomic E-state index is 11.9. The number of amides is 2. The van der Waals surface area contributed by atoms with Crippen LogP contribution in [0.4, 0.5) is 0 Å². The lowest BCUT2D eigenvalue weighted by Crippen LogP contribution is -2.48. The zero-order valence-corrected chi connectivity index (χ0v) is 11.9. The van der Waals surface area contributed by atoms with E-state index in [9.17, 15) is 14.7 Å². The molecule has 0 heterocycles. The summed E-state index contributed by atoms with van der Waals surface area (Å²) in [6, 6.07) is 6.08. The van der Waals surface area contributed by atoms with Gasteiger partial charge in [-0.05, 0) is 30.0 Å². The maximum Gasteiger partial charge on any atom is 0.240 e. The summed E-state index contributed by atoms with van der Waals surface area (Å²) in [7, 11) is 0. The third kappa shape index (κ3) is 4.91. The van der Waals surface area contributed by atoms with Gasteiger partial charge in [-0.2, -0.15) is 0 Å². The van der Waals surface area contributed by atoms with Crippen LogP contribution in [0.3, 0.4) is 0 Å². The van der Waals surface area contributed by atoms with Crippen LogP contribution in [-0.4, -0.2) is 23.0 Å². The molecule has 1 aromatic rings. The standard InChI is InChI=1S/C15H22N2O3/c1-3-10(2)14(15(16)20)17-13(19)9-6-11-4-7-12(18)8-5-11/h4-5,7-8,10,14,18H,3,6,9H2,1-2H3,(H2,16,20)(H,17,19)/t10-,14-/m0/s1. The molecule has 0 radical (unpaired) electrons. The Labute approximate surface area is 119 Å². The van der Waals surface area contributed by atoms with Crippen molar-refractivity contribution in [1.82, 2.24) is 5.32 Å². The highest BCUT2D eigenvalue weighted by atomic mass is 16.3. The van der Waals surface area contributed by atoms with Gasteiger partial charge in [0, 0.05) is 6.42 Å². The minimum absolute atomic E-state index is 0.0186. The summed E-state index contributed by atoms with van der Waals surface area (Å²) in [5.74, 6) is -0.478. The van der Waals surface area contributed by atoms with Gasteiger partial charge in [-0.25, -0.2) is 0 Å². The van der Waals surface area contributed by atoms with Gasteiger partial charge >= 0.3 is 0 Å². The first-order chi connectivity index (χ1) is 9.43. The van der Waals surface area contributed by atoms with E-state index in [0.717, 1.165) is 12.0 Å². The average molecular weight is 278 g/mol. The topological polar surface area (TPSA) is 92.4 Å². The lowest BCUT2D eigenvalue weighted by Gasteiger charge is -2.21. The highest BCUT2D eigenvalue weighted by Gasteiger charge is 2.23. The summed E-state index contributed by atoms with van der Waals surface area (Å²) >= 11 is 0. The van der Waals surface area contributed by atoms with Crippen molar-refractivity contribution in [2.75, 3.05) is 0 Å². The van der Waals surface area contributed by atoms with Crippen LogP contribution in [0.15, 0.2) is 24.3 Å². The van der Waals surface area contributed by atoms with Crippen molar-refractivity contribution in [3.8, 4) is 5.75 Å². The molecule has 2 atom stereocenters. The van der Waals surface area contributed by atoms with Gasteiger partial charge in [0.25, 0.3) is 0 Å². The molecule has 4 N–H and O–H groups in total. The second kappa shape index (κ2) is 7.53. The van der Waals surface area contributed by atoms with Gasteiger partial charge in [-0.3, -0.25) is 9.59 Å². The summed E-state index contributed by atoms with van der Waals surface area (Å²) in [6.07, 6.45) is 1.61. The normalized spacial score (nSPS) is 13.5. The molecule has 2 amide bonds. The van der Waals surface area contributed by atoms with Crippen LogP contribution in [0.1, 0.15) is 32.3 Å². The SMILES string of the molecule is CC[C@H](C)[C@H](NC(=O)CCc1ccc(O)cc1)C(N)=O. The molecule has 1 rings (SSSR count). The molecular formula is C15H22N2O3. The maximum atomic E-state index is 11.9. The van der Waals surface area contributed by atoms with Crippen LogP contribution >= 0.6 is 0 Å². The van der Waals surface area contributed by atoms with E-state index in [2.05, 4.69) is 5.32 Å². The van der Waals surface area contributed by atoms with Gasteiger partial charge in [0.05, 0.1) is 0 Å². The van der Waals surface area contributed by atoms with Crippen molar-refractivity contribution in [3.05, 3.63) is 29.8 Å². The third-order valence-corrected chi connectivity index (χ3v) is 3.41. The summed E-state index contributed by atoms with van der Waals surface area (Å²) in [6.45, 7) is 3.83. The minimum Gasteiger partial charge on any atom is -0.508 e. The number of phenolic OH excluding ortho intramolecular Hbond substituents is 1. The van der Waals surface area contributed by atoms with E-state index in [1.807, 2.05) is 13.8 Å². The van der Waals surface area contributed by atoms with E-state index in [1.54, 1.807) is 24.3 Å². The molecule has 110 valence electrons. The molecule has 0 aliphatic rings. The number of primary amides is 1. The van der Waals surface area contributed by atoms with Crippen molar-refractivity contribution in [3.63, 3.8) is 0 Å². The lowest BCUT2D eigenvalue weighted by atomic mass is 9.98. The fourth-order valence-electron chi connectivity index (χ4n) is 1.90. The number of nitrogens with one attached hydrogen (secondary N) is 1. The number of nitrogens with two attached hydrogens (primary N) is 1. The van der Waals surface area contributed by atoms with Gasteiger partial charge in [0.1, 0.15) is 11.8 Å². The van der Waals surface area contributed by atoms with E-state index >= 15 is 0 Å². The number of rotatable bonds is 7. The van der Waals surface area contributed by atoms with Crippen LogP contribution in [0.5, 0.6) is 5.75 Å². The summed E-state index contributed by atoms with van der Waals surface area (Å²) < 4.78 is 0. The molecule has 0 aliphatic heterocycles. The second-order valence-corrected chi connectivity index (χ2v) is 5.00. The minimum atomic E-state index is -0.618. The quantitative estimate of drug-likeness (QED) is 0.702. The number of phenols is 1. The Balaban J connectivity index is 2.49. The number of carbonyl (C=O) groups excluding carboxylic acids is 2. The van der Waals surface area contributed by atoms with Gasteiger partial charge in [0.15, 0.2) is 0 Å². The van der Waals surface area contributed by atoms with Crippen LogP contribution in [0, 0.1) is 5.92 Å². The Morgan fingerprint density at radius 2 is 1.90 bits per heavy atom. The number of carbonyl (C=O) groups is 2. The fraction of sp³-hybridized carbons (Fsp3) is 0.467. The average Bonchev–Trinajstić information content (AvgIpc) is 2.43. The van der Waals surface area contributed by atoms with Gasteiger partial charge in [-0.1, -0.05) is 32.4 Å². The molecule has 0 aromatic heterocycles. The smallest absolute Gasteiger partial charge is 0.240 e. The van der Waals surface area contributed by atoms with Crippen molar-refractivity contribution in [2.45, 2.75) is 39.2 Å². The predicted octanol–water partition coefficient (Wildman–Crippen LogP) is 1.34. The number of aryl methyl sites for hydroxylation is 1. The Morgan fingerprint density at radius 1 is 1.30 bits per heavy atom. The first kappa shape index (κ1) is 16.0. The van der Waals surface area contributed by atoms with E-state index in [-0.39, 0.29) is 24.0 Å². The van der Waals surface area contributed by atoms with Crippen LogP contribution < -0.4 is 11.1 Å². The Kier molecular flexibility index (Phi) is 6.03. The summed E-state index contributed by atoms with van der Waals surface area (Å²) in [5.41, 5.74) is 6.26. The largest absolute Gasteiger partial charge is 0.508 e. The van der Waals surface area contributed by atoms with Gasteiger partial charge in [0.2, 0.25) is 11.8 Å². The second-order valence-electron chi connectivity index (χ2n) is 5.00. The molecule has 20 heavy (non-hydrogen) atoms. The summed E-state index contributed by atoms with van der Waals surface area (Å²) in [4.78, 5) is 23.2. The molecule has 0 saturated heterocycles. The molecule has 0 saturated carbocycles. The number of hydrogen-bond acceptors (Lipinski definition) is 3. The van der Waals surface area contributed by atoms with Crippen molar-refractivity contribution in [2.24, 2.45) is 11.7 Å². The molecule has 5 heteroatoms. The molecule has 0 bridgehead atoms. The number of benzene rings is 1. The molecule has 5 nitrogen and oxygen atoms in total. The molecule has 1 aromatic carbocycles. The predicted molar refractivity (Wildman–Crippen MR) is 77.0 cm³/mol. The van der Waals surface area contributed by atoms with Crippen LogP contribution in [-0.2, 0) is 16.0 Å². The van der Waals surface area contributed by atoms with Crippen LogP contribution in [0.25, 0.3) is 0 Å². The van der Waals surface area contributed by atoms with Crippen molar-refractivity contribution >= 4 is 11.8 Å². The van der Waals surface area contributed by atoms with E-state index in [4.69, 9.17) is 5.73 Å². The van der Waals surface area contributed by atoms with Crippen LogP contribution in [0.2, 0.25) is 0 Å². The first-order valence-corrected chi connectivity index (χ1v) is 6.80. The molecular weight excluding hydrogens is 256 g/mol. The molecule has 0 fully saturated rings. The zero-order chi connectivity index (χ0) is 15.1. The molecule has 0 spiro atoms. The number of hydrogen-bond donors (Lipinski definition) is 3. The van der Waals surface area contributed by atoms with Crippen molar-refractivity contribution in [1.29, 1.82) is 0 Å². The highest BCUT2D eigenvalue weighted by Crippen LogP contribution is 2.12. The Bertz CT molecular complexity index is 457. The fourth-order valence-corrected chi connectivity index (χ4v) is 1.90. The highest BCUT2D eigenvalue weighted by molar-refractivity contribution is 5.86. The Morgan fingerprint density at radius 3 is 2.40 bits per heavy atom. The third-order valence-electron chi connectivity index (χ3n) is 3.41. The zero-order valence-electron chi connectivity index (χ0n) is 11.9. The van der Waals surface area contributed by atoms with E-state index in [1.165, 1.54) is 0 Å². The number of aromatic hydroxyl groups is 1. The first-order valence-electron chi connectivity index (χ1n) is 6.80. The molecule has 0 unspecified atom stereocenters. The molecule has 0 aliphatic carbocycles. The van der Waals surface area contributed by atoms with E-state index in [0.29, 0.717) is 6.42 Å². The summed E-state index contributed by atoms with van der Waals surface area (Å²) in [5, 5.41) is 11.9.